The topological polar surface area (TPSA) is 76.2 Å². The van der Waals surface area contributed by atoms with Crippen LogP contribution in [-0.2, 0) is 0 Å². The summed E-state index contributed by atoms with van der Waals surface area (Å²) >= 11 is 0. The van der Waals surface area contributed by atoms with Crippen LogP contribution >= 0.6 is 0 Å². The molecule has 0 unspecified atom stereocenters. The van der Waals surface area contributed by atoms with E-state index in [1.807, 2.05) is 0 Å². The van der Waals surface area contributed by atoms with Gasteiger partial charge in [-0.25, -0.2) is 13.6 Å². The number of rotatable bonds is 2. The van der Waals surface area contributed by atoms with E-state index >= 15 is 0 Å². The number of hydrogen-bond donors (Lipinski definition) is 2. The maximum atomic E-state index is 12.5. The molecule has 4 nitrogen and oxygen atoms in total. The first-order valence-corrected chi connectivity index (χ1v) is 3.71. The Bertz CT molecular complexity index is 380. The molecule has 1 aromatic rings. The van der Waals surface area contributed by atoms with Crippen molar-refractivity contribution in [1.82, 2.24) is 4.98 Å². The number of aryl methyl sites for hydroxylation is 1. The molecule has 0 saturated heterocycles. The minimum Gasteiger partial charge on any atom is -0.478 e. The second-order valence-electron chi connectivity index (χ2n) is 2.69. The van der Waals surface area contributed by atoms with Gasteiger partial charge in [0.05, 0.1) is 28.7 Å². The van der Waals surface area contributed by atoms with Gasteiger partial charge in [-0.2, -0.15) is 0 Å². The summed E-state index contributed by atoms with van der Waals surface area (Å²) in [6, 6.07) is 0. The van der Waals surface area contributed by atoms with E-state index < -0.39 is 23.5 Å². The lowest BCUT2D eigenvalue weighted by Gasteiger charge is -2.09. The lowest BCUT2D eigenvalue weighted by atomic mass is 10.1. The number of pyridine rings is 1. The van der Waals surface area contributed by atoms with Crippen molar-refractivity contribution < 1.29 is 18.7 Å². The Morgan fingerprint density at radius 3 is 2.57 bits per heavy atom. The van der Waals surface area contributed by atoms with Crippen molar-refractivity contribution in [2.24, 2.45) is 0 Å². The Balaban J connectivity index is 3.50. The summed E-state index contributed by atoms with van der Waals surface area (Å²) in [5.41, 5.74) is 3.77. The zero-order valence-electron chi connectivity index (χ0n) is 7.29. The van der Waals surface area contributed by atoms with Crippen molar-refractivity contribution in [3.63, 3.8) is 0 Å². The molecule has 0 spiro atoms. The highest BCUT2D eigenvalue weighted by Crippen LogP contribution is 2.29. The summed E-state index contributed by atoms with van der Waals surface area (Å²) in [4.78, 5) is 14.3. The first-order chi connectivity index (χ1) is 6.45. The number of nitrogens with two attached hydrogens (primary N) is 1. The minimum absolute atomic E-state index is 0.0296. The van der Waals surface area contributed by atoms with Gasteiger partial charge in [-0.3, -0.25) is 4.98 Å². The molecule has 6 heteroatoms. The number of nitrogens with zero attached hydrogens (tertiary/aromatic N) is 1. The van der Waals surface area contributed by atoms with Crippen molar-refractivity contribution in [2.45, 2.75) is 13.3 Å². The van der Waals surface area contributed by atoms with Crippen LogP contribution in [0.3, 0.4) is 0 Å². The van der Waals surface area contributed by atoms with Gasteiger partial charge in [0.2, 0.25) is 0 Å². The van der Waals surface area contributed by atoms with Gasteiger partial charge >= 0.3 is 5.97 Å². The second kappa shape index (κ2) is 3.57. The maximum absolute atomic E-state index is 12.5. The lowest BCUT2D eigenvalue weighted by molar-refractivity contribution is 0.0683. The van der Waals surface area contributed by atoms with Crippen molar-refractivity contribution in [2.75, 3.05) is 5.73 Å². The fraction of sp³-hybridized carbons (Fsp3) is 0.250. The molecule has 0 bridgehead atoms. The second-order valence-corrected chi connectivity index (χ2v) is 2.69. The fourth-order valence-electron chi connectivity index (χ4n) is 1.14. The summed E-state index contributed by atoms with van der Waals surface area (Å²) in [7, 11) is 0. The highest BCUT2D eigenvalue weighted by atomic mass is 19.3. The first kappa shape index (κ1) is 10.4. The molecule has 0 aliphatic heterocycles. The highest BCUT2D eigenvalue weighted by Gasteiger charge is 2.23. The molecule has 3 N–H and O–H groups in total. The minimum atomic E-state index is -2.91. The molecule has 1 rings (SSSR count). The Morgan fingerprint density at radius 1 is 1.64 bits per heavy atom. The third-order valence-corrected chi connectivity index (χ3v) is 1.77. The first-order valence-electron chi connectivity index (χ1n) is 3.71. The lowest BCUT2D eigenvalue weighted by Crippen LogP contribution is -2.10. The predicted molar refractivity (Wildman–Crippen MR) is 45.3 cm³/mol. The van der Waals surface area contributed by atoms with Gasteiger partial charge in [0.25, 0.3) is 6.43 Å². The smallest absolute Gasteiger partial charge is 0.338 e. The SMILES string of the molecule is Cc1ncc(N)c(C(F)F)c1C(=O)O. The number of carboxylic acid groups (broad SMARTS) is 1. The average Bonchev–Trinajstić information content (AvgIpc) is 2.07. The quantitative estimate of drug-likeness (QED) is 0.763. The fourth-order valence-corrected chi connectivity index (χ4v) is 1.14. The third-order valence-electron chi connectivity index (χ3n) is 1.77. The summed E-state index contributed by atoms with van der Waals surface area (Å²) in [6.45, 7) is 1.34. The molecule has 0 radical (unpaired) electrons. The average molecular weight is 202 g/mol. The Labute approximate surface area is 78.4 Å². The molecule has 14 heavy (non-hydrogen) atoms. The van der Waals surface area contributed by atoms with Gasteiger partial charge < -0.3 is 10.8 Å². The molecule has 0 atom stereocenters. The van der Waals surface area contributed by atoms with E-state index in [4.69, 9.17) is 10.8 Å². The van der Waals surface area contributed by atoms with Crippen LogP contribution in [0.15, 0.2) is 6.20 Å². The molecule has 0 aromatic carbocycles. The number of carbonyl (C=O) groups is 1. The van der Waals surface area contributed by atoms with Gasteiger partial charge in [-0.1, -0.05) is 0 Å². The number of carboxylic acids is 1. The summed E-state index contributed by atoms with van der Waals surface area (Å²) in [5, 5.41) is 8.69. The maximum Gasteiger partial charge on any atom is 0.338 e. The van der Waals surface area contributed by atoms with Crippen LogP contribution < -0.4 is 5.73 Å². The van der Waals surface area contributed by atoms with Gasteiger partial charge in [-0.15, -0.1) is 0 Å². The zero-order valence-corrected chi connectivity index (χ0v) is 7.29. The van der Waals surface area contributed by atoms with Crippen molar-refractivity contribution in [3.8, 4) is 0 Å². The molecule has 0 aliphatic rings. The molecule has 0 fully saturated rings. The van der Waals surface area contributed by atoms with Crippen LogP contribution in [0, 0.1) is 6.92 Å². The van der Waals surface area contributed by atoms with Crippen LogP contribution in [0.25, 0.3) is 0 Å². The number of hydrogen-bond acceptors (Lipinski definition) is 3. The van der Waals surface area contributed by atoms with E-state index in [2.05, 4.69) is 4.98 Å². The molecule has 1 heterocycles. The summed E-state index contributed by atoms with van der Waals surface area (Å²) in [6.07, 6.45) is -1.88. The summed E-state index contributed by atoms with van der Waals surface area (Å²) < 4.78 is 24.9. The van der Waals surface area contributed by atoms with E-state index in [1.54, 1.807) is 0 Å². The van der Waals surface area contributed by atoms with Crippen LogP contribution in [0.2, 0.25) is 0 Å². The van der Waals surface area contributed by atoms with Gasteiger partial charge in [0.1, 0.15) is 0 Å². The molecule has 0 saturated carbocycles. The van der Waals surface area contributed by atoms with E-state index in [0.29, 0.717) is 0 Å². The van der Waals surface area contributed by atoms with Crippen molar-refractivity contribution in [3.05, 3.63) is 23.0 Å². The number of aromatic carboxylic acids is 1. The normalized spacial score (nSPS) is 10.6. The number of nitrogen functional groups attached to an aromatic ring is 1. The van der Waals surface area contributed by atoms with E-state index in [1.165, 1.54) is 6.92 Å². The van der Waals surface area contributed by atoms with E-state index in [-0.39, 0.29) is 11.4 Å². The monoisotopic (exact) mass is 202 g/mol. The number of halogens is 2. The highest BCUT2D eigenvalue weighted by molar-refractivity contribution is 5.92. The molecular weight excluding hydrogens is 194 g/mol. The van der Waals surface area contributed by atoms with Crippen LogP contribution in [0.4, 0.5) is 14.5 Å². The molecule has 1 aromatic heterocycles. The third kappa shape index (κ3) is 1.63. The van der Waals surface area contributed by atoms with Gasteiger partial charge in [-0.05, 0) is 6.92 Å². The largest absolute Gasteiger partial charge is 0.478 e. The van der Waals surface area contributed by atoms with Gasteiger partial charge in [0, 0.05) is 0 Å². The molecule has 0 amide bonds. The Kier molecular flexibility index (Phi) is 2.64. The Morgan fingerprint density at radius 2 is 2.21 bits per heavy atom. The van der Waals surface area contributed by atoms with Crippen molar-refractivity contribution in [1.29, 1.82) is 0 Å². The predicted octanol–water partition coefficient (Wildman–Crippen LogP) is 1.61. The number of anilines is 1. The number of alkyl halides is 2. The van der Waals surface area contributed by atoms with E-state index in [9.17, 15) is 13.6 Å². The molecular formula is C8H8F2N2O2. The van der Waals surface area contributed by atoms with Crippen LogP contribution in [-0.4, -0.2) is 16.1 Å². The van der Waals surface area contributed by atoms with Gasteiger partial charge in [0.15, 0.2) is 0 Å². The number of aromatic nitrogens is 1. The summed E-state index contributed by atoms with van der Waals surface area (Å²) in [5.74, 6) is -1.45. The standard InChI is InChI=1S/C8H8F2N2O2/c1-3-5(8(13)14)6(7(9)10)4(11)2-12-3/h2,7H,11H2,1H3,(H,13,14). The Hall–Kier alpha value is -1.72. The zero-order chi connectivity index (χ0) is 10.9. The molecule has 76 valence electrons. The van der Waals surface area contributed by atoms with Crippen LogP contribution in [0.1, 0.15) is 28.0 Å². The van der Waals surface area contributed by atoms with E-state index in [0.717, 1.165) is 6.20 Å². The van der Waals surface area contributed by atoms with Crippen molar-refractivity contribution >= 4 is 11.7 Å². The van der Waals surface area contributed by atoms with Crippen LogP contribution in [0.5, 0.6) is 0 Å². The molecule has 0 aliphatic carbocycles.